The largest absolute Gasteiger partial charge is 0.463 e. The Bertz CT molecular complexity index is 1130. The van der Waals surface area contributed by atoms with Crippen LogP contribution in [0.5, 0.6) is 0 Å². The van der Waals surface area contributed by atoms with E-state index in [2.05, 4.69) is 9.72 Å². The second-order valence-corrected chi connectivity index (χ2v) is 6.58. The van der Waals surface area contributed by atoms with Crippen molar-refractivity contribution < 1.29 is 41.0 Å². The molecule has 0 spiro atoms. The van der Waals surface area contributed by atoms with Crippen LogP contribution in [0.15, 0.2) is 54.6 Å². The van der Waals surface area contributed by atoms with E-state index < -0.39 is 47.2 Å². The molecule has 10 heteroatoms. The van der Waals surface area contributed by atoms with E-state index in [9.17, 15) is 36.2 Å². The zero-order chi connectivity index (χ0) is 23.0. The Balaban J connectivity index is 2.35. The van der Waals surface area contributed by atoms with Gasteiger partial charge in [-0.25, -0.2) is 9.78 Å². The lowest BCUT2D eigenvalue weighted by atomic mass is 9.86. The number of para-hydroxylation sites is 1. The van der Waals surface area contributed by atoms with Crippen LogP contribution in [0.1, 0.15) is 18.1 Å². The Morgan fingerprint density at radius 2 is 1.68 bits per heavy atom. The molecule has 1 N–H and O–H groups in total. The number of aromatic nitrogens is 1. The molecule has 1 unspecified atom stereocenters. The van der Waals surface area contributed by atoms with Crippen LogP contribution in [0.4, 0.5) is 26.3 Å². The van der Waals surface area contributed by atoms with Gasteiger partial charge in [-0.2, -0.15) is 26.3 Å². The highest BCUT2D eigenvalue weighted by Crippen LogP contribution is 2.45. The summed E-state index contributed by atoms with van der Waals surface area (Å²) in [4.78, 5) is 16.4. The summed E-state index contributed by atoms with van der Waals surface area (Å²) in [6.45, 7) is 0.673. The molecule has 0 saturated carbocycles. The van der Waals surface area contributed by atoms with Gasteiger partial charge in [0.25, 0.3) is 5.60 Å². The number of halogens is 6. The second-order valence-electron chi connectivity index (χ2n) is 6.58. The van der Waals surface area contributed by atoms with Gasteiger partial charge in [0, 0.05) is 16.5 Å². The Morgan fingerprint density at radius 3 is 2.29 bits per heavy atom. The SMILES string of the molecule is CCOC(=O)C(O)(c1cc(C(F)(F)F)ccc1-c1ccc2ccccc2n1)C(F)(F)F. The Kier molecular flexibility index (Phi) is 5.70. The standard InChI is InChI=1S/C21H15F6NO3/c1-2-31-18(29)19(30,21(25,26)27)15-11-13(20(22,23)24)8-9-14(15)17-10-7-12-5-3-4-6-16(12)28-17/h3-11,30H,2H2,1H3. The molecule has 0 aliphatic carbocycles. The maximum atomic E-state index is 13.9. The molecular weight excluding hydrogens is 428 g/mol. The fraction of sp³-hybridized carbons (Fsp3) is 0.238. The first-order chi connectivity index (χ1) is 14.4. The number of benzene rings is 2. The molecule has 31 heavy (non-hydrogen) atoms. The zero-order valence-electron chi connectivity index (χ0n) is 15.9. The predicted molar refractivity (Wildman–Crippen MR) is 98.8 cm³/mol. The fourth-order valence-electron chi connectivity index (χ4n) is 3.07. The quantitative estimate of drug-likeness (QED) is 0.443. The van der Waals surface area contributed by atoms with E-state index in [1.165, 1.54) is 19.1 Å². The molecule has 0 bridgehead atoms. The smallest absolute Gasteiger partial charge is 0.432 e. The normalized spacial score (nSPS) is 14.3. The first-order valence-corrected chi connectivity index (χ1v) is 8.93. The highest BCUT2D eigenvalue weighted by atomic mass is 19.4. The molecule has 4 nitrogen and oxygen atoms in total. The minimum absolute atomic E-state index is 0.0939. The lowest BCUT2D eigenvalue weighted by Crippen LogP contribution is -2.50. The molecular formula is C21H15F6NO3. The van der Waals surface area contributed by atoms with Crippen LogP contribution in [0.25, 0.3) is 22.2 Å². The maximum absolute atomic E-state index is 13.9. The van der Waals surface area contributed by atoms with E-state index in [1.54, 1.807) is 24.3 Å². The molecule has 1 atom stereocenters. The first-order valence-electron chi connectivity index (χ1n) is 8.93. The van der Waals surface area contributed by atoms with Gasteiger partial charge in [0.2, 0.25) is 0 Å². The highest BCUT2D eigenvalue weighted by Gasteiger charge is 2.63. The average molecular weight is 443 g/mol. The summed E-state index contributed by atoms with van der Waals surface area (Å²) in [6.07, 6.45) is -10.7. The summed E-state index contributed by atoms with van der Waals surface area (Å²) in [5, 5.41) is 11.1. The second kappa shape index (κ2) is 7.84. The molecule has 164 valence electrons. The van der Waals surface area contributed by atoms with Crippen molar-refractivity contribution in [1.29, 1.82) is 0 Å². The van der Waals surface area contributed by atoms with Crippen molar-refractivity contribution in [1.82, 2.24) is 4.98 Å². The van der Waals surface area contributed by atoms with E-state index in [1.807, 2.05) is 0 Å². The monoisotopic (exact) mass is 443 g/mol. The third-order valence-corrected chi connectivity index (χ3v) is 4.59. The molecule has 3 aromatic rings. The number of carbonyl (C=O) groups excluding carboxylic acids is 1. The van der Waals surface area contributed by atoms with Gasteiger partial charge in [-0.15, -0.1) is 0 Å². The number of aliphatic hydroxyl groups is 1. The van der Waals surface area contributed by atoms with E-state index in [-0.39, 0.29) is 11.8 Å². The van der Waals surface area contributed by atoms with Gasteiger partial charge >= 0.3 is 18.3 Å². The van der Waals surface area contributed by atoms with Crippen molar-refractivity contribution in [2.75, 3.05) is 6.61 Å². The third-order valence-electron chi connectivity index (χ3n) is 4.59. The number of pyridine rings is 1. The molecule has 0 aliphatic rings. The summed E-state index contributed by atoms with van der Waals surface area (Å²) in [7, 11) is 0. The summed E-state index contributed by atoms with van der Waals surface area (Å²) in [5.74, 6) is -2.14. The van der Waals surface area contributed by atoms with Gasteiger partial charge in [-0.3, -0.25) is 0 Å². The molecule has 3 rings (SSSR count). The lowest BCUT2D eigenvalue weighted by molar-refractivity contribution is -0.267. The number of ether oxygens (including phenoxy) is 1. The van der Waals surface area contributed by atoms with E-state index in [4.69, 9.17) is 0 Å². The van der Waals surface area contributed by atoms with Gasteiger partial charge in [0.15, 0.2) is 0 Å². The number of nitrogens with zero attached hydrogens (tertiary/aromatic N) is 1. The highest BCUT2D eigenvalue weighted by molar-refractivity contribution is 5.87. The predicted octanol–water partition coefficient (Wildman–Crippen LogP) is 5.23. The number of rotatable bonds is 4. The minimum Gasteiger partial charge on any atom is -0.463 e. The summed E-state index contributed by atoms with van der Waals surface area (Å²) in [5.41, 5.74) is -7.43. The third kappa shape index (κ3) is 4.07. The van der Waals surface area contributed by atoms with E-state index in [0.29, 0.717) is 17.0 Å². The number of hydrogen-bond donors (Lipinski definition) is 1. The summed E-state index contributed by atoms with van der Waals surface area (Å²) >= 11 is 0. The Morgan fingerprint density at radius 1 is 1.00 bits per heavy atom. The van der Waals surface area contributed by atoms with E-state index in [0.717, 1.165) is 6.07 Å². The van der Waals surface area contributed by atoms with Crippen molar-refractivity contribution in [2.24, 2.45) is 0 Å². The van der Waals surface area contributed by atoms with Crippen molar-refractivity contribution in [2.45, 2.75) is 24.9 Å². The lowest BCUT2D eigenvalue weighted by Gasteiger charge is -2.30. The first kappa shape index (κ1) is 22.5. The molecule has 1 heterocycles. The van der Waals surface area contributed by atoms with Crippen LogP contribution < -0.4 is 0 Å². The van der Waals surface area contributed by atoms with Crippen molar-refractivity contribution in [3.05, 3.63) is 65.7 Å². The molecule has 2 aromatic carbocycles. The molecule has 0 aliphatic heterocycles. The number of hydrogen-bond acceptors (Lipinski definition) is 4. The van der Waals surface area contributed by atoms with Gasteiger partial charge in [0.05, 0.1) is 23.4 Å². The minimum atomic E-state index is -5.67. The van der Waals surface area contributed by atoms with Crippen LogP contribution in [0, 0.1) is 0 Å². The summed E-state index contributed by atoms with van der Waals surface area (Å²) in [6, 6.07) is 10.8. The van der Waals surface area contributed by atoms with Crippen molar-refractivity contribution in [3.8, 4) is 11.3 Å². The Labute approximate surface area is 172 Å². The molecule has 0 saturated heterocycles. The number of carbonyl (C=O) groups is 1. The number of fused-ring (bicyclic) bond motifs is 1. The fourth-order valence-corrected chi connectivity index (χ4v) is 3.07. The van der Waals surface area contributed by atoms with E-state index >= 15 is 0 Å². The molecule has 0 fully saturated rings. The Hall–Kier alpha value is -3.14. The van der Waals surface area contributed by atoms with Gasteiger partial charge in [0.1, 0.15) is 0 Å². The van der Waals surface area contributed by atoms with Crippen LogP contribution in [0.3, 0.4) is 0 Å². The van der Waals surface area contributed by atoms with Crippen LogP contribution in [0.2, 0.25) is 0 Å². The summed E-state index contributed by atoms with van der Waals surface area (Å²) < 4.78 is 85.8. The van der Waals surface area contributed by atoms with Crippen molar-refractivity contribution in [3.63, 3.8) is 0 Å². The zero-order valence-corrected chi connectivity index (χ0v) is 15.9. The van der Waals surface area contributed by atoms with Gasteiger partial charge in [-0.1, -0.05) is 30.3 Å². The van der Waals surface area contributed by atoms with Gasteiger partial charge in [-0.05, 0) is 31.2 Å². The maximum Gasteiger partial charge on any atom is 0.432 e. The molecule has 1 aromatic heterocycles. The number of esters is 1. The van der Waals surface area contributed by atoms with Crippen molar-refractivity contribution >= 4 is 16.9 Å². The number of alkyl halides is 6. The molecule has 0 amide bonds. The van der Waals surface area contributed by atoms with Gasteiger partial charge < -0.3 is 9.84 Å². The van der Waals surface area contributed by atoms with Crippen LogP contribution in [-0.4, -0.2) is 28.8 Å². The topological polar surface area (TPSA) is 59.4 Å². The molecule has 0 radical (unpaired) electrons. The van der Waals surface area contributed by atoms with Crippen LogP contribution >= 0.6 is 0 Å². The average Bonchev–Trinajstić information content (AvgIpc) is 2.71. The van der Waals surface area contributed by atoms with Crippen LogP contribution in [-0.2, 0) is 21.3 Å².